The Bertz CT molecular complexity index is 697. The molecule has 0 saturated heterocycles. The van der Waals surface area contributed by atoms with Crippen LogP contribution in [-0.2, 0) is 24.1 Å². The fourth-order valence-electron chi connectivity index (χ4n) is 2.48. The molecule has 0 saturated carbocycles. The summed E-state index contributed by atoms with van der Waals surface area (Å²) in [6, 6.07) is 4.90. The third-order valence-electron chi connectivity index (χ3n) is 3.54. The summed E-state index contributed by atoms with van der Waals surface area (Å²) in [7, 11) is 0. The molecule has 1 amide bonds. The highest BCUT2D eigenvalue weighted by Crippen LogP contribution is 2.27. The van der Waals surface area contributed by atoms with Gasteiger partial charge in [-0.2, -0.15) is 18.3 Å². The molecule has 1 aromatic carbocycles. The Labute approximate surface area is 132 Å². The largest absolute Gasteiger partial charge is 0.435 e. The Balaban J connectivity index is 1.97. The summed E-state index contributed by atoms with van der Waals surface area (Å²) in [6.45, 7) is 6.01. The molecule has 1 aromatic heterocycles. The summed E-state index contributed by atoms with van der Waals surface area (Å²) >= 11 is 0. The van der Waals surface area contributed by atoms with Crippen LogP contribution in [0.25, 0.3) is 0 Å². The summed E-state index contributed by atoms with van der Waals surface area (Å²) in [5.74, 6) is -0.388. The summed E-state index contributed by atoms with van der Waals surface area (Å²) in [5.41, 5.74) is 3.30. The summed E-state index contributed by atoms with van der Waals surface area (Å²) in [4.78, 5) is 11.9. The van der Waals surface area contributed by atoms with E-state index in [4.69, 9.17) is 0 Å². The standard InChI is InChI=1S/C16H18F3N3O/c1-10-6-11(2)13(12(3)7-10)8-20-15(23)9-22-5-4-14(21-22)16(17,18)19/h4-7H,8-9H2,1-3H3,(H,20,23). The monoisotopic (exact) mass is 325 g/mol. The molecule has 0 bridgehead atoms. The van der Waals surface area contributed by atoms with E-state index in [2.05, 4.69) is 10.4 Å². The highest BCUT2D eigenvalue weighted by atomic mass is 19.4. The van der Waals surface area contributed by atoms with Crippen LogP contribution in [0.5, 0.6) is 0 Å². The third kappa shape index (κ3) is 4.34. The Morgan fingerprint density at radius 3 is 2.35 bits per heavy atom. The molecule has 124 valence electrons. The van der Waals surface area contributed by atoms with E-state index < -0.39 is 11.9 Å². The van der Waals surface area contributed by atoms with Gasteiger partial charge in [-0.1, -0.05) is 17.7 Å². The minimum atomic E-state index is -4.50. The molecule has 1 heterocycles. The van der Waals surface area contributed by atoms with Crippen molar-refractivity contribution in [2.24, 2.45) is 0 Å². The molecule has 1 N–H and O–H groups in total. The molecule has 0 fully saturated rings. The van der Waals surface area contributed by atoms with E-state index in [-0.39, 0.29) is 12.5 Å². The lowest BCUT2D eigenvalue weighted by atomic mass is 10.00. The Hall–Kier alpha value is -2.31. The van der Waals surface area contributed by atoms with Crippen molar-refractivity contribution >= 4 is 5.91 Å². The number of aryl methyl sites for hydroxylation is 3. The SMILES string of the molecule is Cc1cc(C)c(CNC(=O)Cn2ccc(C(F)(F)F)n2)c(C)c1. The average Bonchev–Trinajstić information content (AvgIpc) is 2.85. The van der Waals surface area contributed by atoms with Crippen molar-refractivity contribution in [2.75, 3.05) is 0 Å². The minimum absolute atomic E-state index is 0.250. The topological polar surface area (TPSA) is 46.9 Å². The van der Waals surface area contributed by atoms with E-state index in [1.165, 1.54) is 0 Å². The number of halogens is 3. The smallest absolute Gasteiger partial charge is 0.350 e. The number of nitrogens with one attached hydrogen (secondary N) is 1. The maximum atomic E-state index is 12.5. The van der Waals surface area contributed by atoms with Gasteiger partial charge in [-0.15, -0.1) is 0 Å². The van der Waals surface area contributed by atoms with Crippen LogP contribution in [0.1, 0.15) is 27.9 Å². The predicted octanol–water partition coefficient (Wildman–Crippen LogP) is 3.14. The molecule has 0 radical (unpaired) electrons. The molecule has 2 rings (SSSR count). The van der Waals surface area contributed by atoms with Crippen LogP contribution in [0.4, 0.5) is 13.2 Å². The maximum absolute atomic E-state index is 12.5. The van der Waals surface area contributed by atoms with Crippen molar-refractivity contribution in [3.63, 3.8) is 0 Å². The van der Waals surface area contributed by atoms with Crippen LogP contribution in [-0.4, -0.2) is 15.7 Å². The summed E-state index contributed by atoms with van der Waals surface area (Å²) < 4.78 is 38.3. The van der Waals surface area contributed by atoms with Crippen LogP contribution in [0.15, 0.2) is 24.4 Å². The van der Waals surface area contributed by atoms with E-state index >= 15 is 0 Å². The molecule has 0 aliphatic heterocycles. The van der Waals surface area contributed by atoms with E-state index in [0.717, 1.165) is 39.2 Å². The van der Waals surface area contributed by atoms with E-state index in [1.54, 1.807) is 0 Å². The van der Waals surface area contributed by atoms with Crippen molar-refractivity contribution in [2.45, 2.75) is 40.0 Å². The maximum Gasteiger partial charge on any atom is 0.435 e. The summed E-state index contributed by atoms with van der Waals surface area (Å²) in [6.07, 6.45) is -3.36. The second-order valence-corrected chi connectivity index (χ2v) is 5.55. The highest BCUT2D eigenvalue weighted by Gasteiger charge is 2.33. The number of alkyl halides is 3. The number of aromatic nitrogens is 2. The Morgan fingerprint density at radius 2 is 1.83 bits per heavy atom. The summed E-state index contributed by atoms with van der Waals surface area (Å²) in [5, 5.41) is 6.07. The van der Waals surface area contributed by atoms with Gasteiger partial charge in [0.15, 0.2) is 5.69 Å². The number of amides is 1. The normalized spacial score (nSPS) is 11.6. The number of rotatable bonds is 4. The molecule has 0 unspecified atom stereocenters. The minimum Gasteiger partial charge on any atom is -0.350 e. The average molecular weight is 325 g/mol. The number of carbonyl (C=O) groups is 1. The number of hydrogen-bond acceptors (Lipinski definition) is 2. The van der Waals surface area contributed by atoms with Gasteiger partial charge in [0.2, 0.25) is 5.91 Å². The molecule has 23 heavy (non-hydrogen) atoms. The van der Waals surface area contributed by atoms with Crippen molar-refractivity contribution < 1.29 is 18.0 Å². The molecule has 0 aliphatic carbocycles. The predicted molar refractivity (Wildman–Crippen MR) is 79.7 cm³/mol. The molecule has 7 heteroatoms. The van der Waals surface area contributed by atoms with Gasteiger partial charge in [0, 0.05) is 12.7 Å². The van der Waals surface area contributed by atoms with Crippen LogP contribution in [0, 0.1) is 20.8 Å². The second kappa shape index (κ2) is 6.44. The number of hydrogen-bond donors (Lipinski definition) is 1. The van der Waals surface area contributed by atoms with E-state index in [0.29, 0.717) is 6.54 Å². The van der Waals surface area contributed by atoms with Gasteiger partial charge < -0.3 is 5.32 Å². The van der Waals surface area contributed by atoms with Crippen LogP contribution in [0.3, 0.4) is 0 Å². The number of benzene rings is 1. The number of nitrogens with zero attached hydrogens (tertiary/aromatic N) is 2. The lowest BCUT2D eigenvalue weighted by Gasteiger charge is -2.12. The van der Waals surface area contributed by atoms with Crippen molar-refractivity contribution in [3.05, 3.63) is 52.3 Å². The van der Waals surface area contributed by atoms with Crippen molar-refractivity contribution in [3.8, 4) is 0 Å². The van der Waals surface area contributed by atoms with Gasteiger partial charge in [-0.25, -0.2) is 0 Å². The highest BCUT2D eigenvalue weighted by molar-refractivity contribution is 5.75. The first kappa shape index (κ1) is 17.1. The van der Waals surface area contributed by atoms with Gasteiger partial charge >= 0.3 is 6.18 Å². The van der Waals surface area contributed by atoms with Gasteiger partial charge in [0.05, 0.1) is 0 Å². The van der Waals surface area contributed by atoms with Gasteiger partial charge in [-0.05, 0) is 43.5 Å². The Kier molecular flexibility index (Phi) is 4.77. The fourth-order valence-corrected chi connectivity index (χ4v) is 2.48. The zero-order valence-corrected chi connectivity index (χ0v) is 13.2. The van der Waals surface area contributed by atoms with Gasteiger partial charge in [0.1, 0.15) is 6.54 Å². The van der Waals surface area contributed by atoms with Crippen LogP contribution < -0.4 is 5.32 Å². The van der Waals surface area contributed by atoms with E-state index in [1.807, 2.05) is 32.9 Å². The first-order chi connectivity index (χ1) is 10.7. The molecule has 2 aromatic rings. The molecule has 4 nitrogen and oxygen atoms in total. The lowest BCUT2D eigenvalue weighted by molar-refractivity contribution is -0.141. The lowest BCUT2D eigenvalue weighted by Crippen LogP contribution is -2.28. The molecular formula is C16H18F3N3O. The van der Waals surface area contributed by atoms with Gasteiger partial charge in [0.25, 0.3) is 0 Å². The Morgan fingerprint density at radius 1 is 1.22 bits per heavy atom. The fraction of sp³-hybridized carbons (Fsp3) is 0.375. The molecular weight excluding hydrogens is 307 g/mol. The first-order valence-corrected chi connectivity index (χ1v) is 7.11. The van der Waals surface area contributed by atoms with Gasteiger partial charge in [-0.3, -0.25) is 9.48 Å². The first-order valence-electron chi connectivity index (χ1n) is 7.11. The molecule has 0 atom stereocenters. The van der Waals surface area contributed by atoms with Crippen molar-refractivity contribution in [1.29, 1.82) is 0 Å². The zero-order valence-electron chi connectivity index (χ0n) is 13.2. The quantitative estimate of drug-likeness (QED) is 0.939. The molecule has 0 aliphatic rings. The van der Waals surface area contributed by atoms with Crippen LogP contribution >= 0.6 is 0 Å². The van der Waals surface area contributed by atoms with Crippen molar-refractivity contribution in [1.82, 2.24) is 15.1 Å². The third-order valence-corrected chi connectivity index (χ3v) is 3.54. The van der Waals surface area contributed by atoms with Crippen LogP contribution in [0.2, 0.25) is 0 Å². The van der Waals surface area contributed by atoms with E-state index in [9.17, 15) is 18.0 Å². The molecule has 0 spiro atoms. The second-order valence-electron chi connectivity index (χ2n) is 5.55. The zero-order chi connectivity index (χ0) is 17.2. The number of carbonyl (C=O) groups excluding carboxylic acids is 1.